The van der Waals surface area contributed by atoms with E-state index < -0.39 is 6.04 Å². The number of amides is 1. The lowest BCUT2D eigenvalue weighted by Gasteiger charge is -2.15. The number of hydrogen-bond donors (Lipinski definition) is 2. The highest BCUT2D eigenvalue weighted by Crippen LogP contribution is 2.17. The van der Waals surface area contributed by atoms with Gasteiger partial charge in [-0.25, -0.2) is 0 Å². The summed E-state index contributed by atoms with van der Waals surface area (Å²) in [5, 5.41) is 2.78. The Morgan fingerprint density at radius 1 is 1.47 bits per heavy atom. The summed E-state index contributed by atoms with van der Waals surface area (Å²) >= 11 is 0. The van der Waals surface area contributed by atoms with E-state index in [1.165, 1.54) is 0 Å². The molecule has 0 aromatic heterocycles. The predicted molar refractivity (Wildman–Crippen MR) is 69.1 cm³/mol. The number of benzene rings is 1. The van der Waals surface area contributed by atoms with Gasteiger partial charge in [0.15, 0.2) is 0 Å². The van der Waals surface area contributed by atoms with E-state index in [4.69, 9.17) is 10.5 Å². The van der Waals surface area contributed by atoms with Gasteiger partial charge in [-0.05, 0) is 25.0 Å². The van der Waals surface area contributed by atoms with Crippen molar-refractivity contribution in [2.45, 2.75) is 26.8 Å². The van der Waals surface area contributed by atoms with Gasteiger partial charge in [-0.15, -0.1) is 0 Å². The Labute approximate surface area is 102 Å². The summed E-state index contributed by atoms with van der Waals surface area (Å²) in [4.78, 5) is 11.7. The van der Waals surface area contributed by atoms with Crippen molar-refractivity contribution < 1.29 is 9.53 Å². The molecule has 0 unspecified atom stereocenters. The summed E-state index contributed by atoms with van der Waals surface area (Å²) in [5.41, 5.74) is 6.47. The second-order valence-corrected chi connectivity index (χ2v) is 4.22. The van der Waals surface area contributed by atoms with Crippen LogP contribution in [0.3, 0.4) is 0 Å². The Morgan fingerprint density at radius 2 is 2.18 bits per heavy atom. The zero-order valence-electron chi connectivity index (χ0n) is 10.6. The lowest BCUT2D eigenvalue weighted by Crippen LogP contribution is -2.39. The summed E-state index contributed by atoms with van der Waals surface area (Å²) in [5.74, 6) is 0.683. The predicted octanol–water partition coefficient (Wildman–Crippen LogP) is 2.01. The third kappa shape index (κ3) is 4.07. The summed E-state index contributed by atoms with van der Waals surface area (Å²) in [7, 11) is 0. The first-order chi connectivity index (χ1) is 8.04. The van der Waals surface area contributed by atoms with Crippen LogP contribution in [0.4, 0.5) is 5.69 Å². The first kappa shape index (κ1) is 13.5. The van der Waals surface area contributed by atoms with Crippen molar-refractivity contribution in [3.8, 4) is 5.75 Å². The standard InChI is InChI=1S/C13H20N2O2/c1-4-17-11-7-5-6-10(8-11)15-13(16)12(14)9(2)3/h5-9,12H,4,14H2,1-3H3,(H,15,16)/t12-/m1/s1. The van der Waals surface area contributed by atoms with Crippen LogP contribution in [-0.2, 0) is 4.79 Å². The molecule has 1 aromatic rings. The van der Waals surface area contributed by atoms with E-state index in [-0.39, 0.29) is 11.8 Å². The van der Waals surface area contributed by atoms with E-state index in [0.717, 1.165) is 5.75 Å². The van der Waals surface area contributed by atoms with Crippen molar-refractivity contribution in [1.29, 1.82) is 0 Å². The molecular weight excluding hydrogens is 216 g/mol. The van der Waals surface area contributed by atoms with Gasteiger partial charge in [0.2, 0.25) is 5.91 Å². The fourth-order valence-corrected chi connectivity index (χ4v) is 1.36. The maximum atomic E-state index is 11.7. The molecule has 0 fully saturated rings. The van der Waals surface area contributed by atoms with Gasteiger partial charge in [0.1, 0.15) is 5.75 Å². The van der Waals surface area contributed by atoms with Crippen molar-refractivity contribution in [3.63, 3.8) is 0 Å². The number of nitrogens with one attached hydrogen (secondary N) is 1. The van der Waals surface area contributed by atoms with Gasteiger partial charge in [-0.1, -0.05) is 19.9 Å². The molecule has 4 heteroatoms. The zero-order valence-corrected chi connectivity index (χ0v) is 10.6. The van der Waals surface area contributed by atoms with Gasteiger partial charge in [0, 0.05) is 11.8 Å². The molecule has 17 heavy (non-hydrogen) atoms. The summed E-state index contributed by atoms with van der Waals surface area (Å²) in [6, 6.07) is 6.79. The molecule has 0 bridgehead atoms. The van der Waals surface area contributed by atoms with Crippen LogP contribution in [0.25, 0.3) is 0 Å². The van der Waals surface area contributed by atoms with Crippen molar-refractivity contribution in [1.82, 2.24) is 0 Å². The van der Waals surface area contributed by atoms with Crippen LogP contribution in [0.5, 0.6) is 5.75 Å². The molecule has 0 aliphatic carbocycles. The number of carbonyl (C=O) groups excluding carboxylic acids is 1. The molecular formula is C13H20N2O2. The highest BCUT2D eigenvalue weighted by molar-refractivity contribution is 5.94. The van der Waals surface area contributed by atoms with Crippen molar-refractivity contribution in [3.05, 3.63) is 24.3 Å². The quantitative estimate of drug-likeness (QED) is 0.822. The molecule has 0 saturated carbocycles. The van der Waals surface area contributed by atoms with Gasteiger partial charge in [-0.2, -0.15) is 0 Å². The molecule has 4 nitrogen and oxygen atoms in total. The smallest absolute Gasteiger partial charge is 0.241 e. The minimum absolute atomic E-state index is 0.116. The molecule has 1 rings (SSSR count). The van der Waals surface area contributed by atoms with Gasteiger partial charge < -0.3 is 15.8 Å². The van der Waals surface area contributed by atoms with Gasteiger partial charge in [0.05, 0.1) is 12.6 Å². The highest BCUT2D eigenvalue weighted by atomic mass is 16.5. The van der Waals surface area contributed by atoms with Gasteiger partial charge in [0.25, 0.3) is 0 Å². The second-order valence-electron chi connectivity index (χ2n) is 4.22. The monoisotopic (exact) mass is 236 g/mol. The molecule has 0 aliphatic rings. The van der Waals surface area contributed by atoms with Crippen LogP contribution in [0, 0.1) is 5.92 Å². The van der Waals surface area contributed by atoms with Crippen molar-refractivity contribution >= 4 is 11.6 Å². The lowest BCUT2D eigenvalue weighted by molar-refractivity contribution is -0.118. The van der Waals surface area contributed by atoms with Crippen LogP contribution in [0.1, 0.15) is 20.8 Å². The van der Waals surface area contributed by atoms with E-state index in [2.05, 4.69) is 5.32 Å². The maximum absolute atomic E-state index is 11.7. The maximum Gasteiger partial charge on any atom is 0.241 e. The van der Waals surface area contributed by atoms with E-state index in [0.29, 0.717) is 12.3 Å². The number of rotatable bonds is 5. The molecule has 0 spiro atoms. The molecule has 0 radical (unpaired) electrons. The first-order valence-electron chi connectivity index (χ1n) is 5.84. The Bertz CT molecular complexity index is 377. The Balaban J connectivity index is 2.68. The van der Waals surface area contributed by atoms with E-state index in [1.54, 1.807) is 6.07 Å². The Kier molecular flexibility index (Phi) is 4.97. The molecule has 0 saturated heterocycles. The fourth-order valence-electron chi connectivity index (χ4n) is 1.36. The summed E-state index contributed by atoms with van der Waals surface area (Å²) in [6.45, 7) is 6.35. The first-order valence-corrected chi connectivity index (χ1v) is 5.84. The third-order valence-electron chi connectivity index (χ3n) is 2.43. The molecule has 1 atom stereocenters. The average molecular weight is 236 g/mol. The van der Waals surface area contributed by atoms with Crippen molar-refractivity contribution in [2.24, 2.45) is 11.7 Å². The molecule has 1 amide bonds. The third-order valence-corrected chi connectivity index (χ3v) is 2.43. The van der Waals surface area contributed by atoms with Gasteiger partial charge in [-0.3, -0.25) is 4.79 Å². The SMILES string of the molecule is CCOc1cccc(NC(=O)[C@H](N)C(C)C)c1. The average Bonchev–Trinajstić information content (AvgIpc) is 2.28. The number of nitrogens with two attached hydrogens (primary N) is 1. The Morgan fingerprint density at radius 3 is 2.76 bits per heavy atom. The van der Waals surface area contributed by atoms with Crippen LogP contribution in [0.15, 0.2) is 24.3 Å². The highest BCUT2D eigenvalue weighted by Gasteiger charge is 2.17. The minimum Gasteiger partial charge on any atom is -0.494 e. The number of hydrogen-bond acceptors (Lipinski definition) is 3. The van der Waals surface area contributed by atoms with E-state index in [1.807, 2.05) is 39.0 Å². The molecule has 3 N–H and O–H groups in total. The second kappa shape index (κ2) is 6.25. The van der Waals surface area contributed by atoms with Crippen molar-refractivity contribution in [2.75, 3.05) is 11.9 Å². The molecule has 0 heterocycles. The largest absolute Gasteiger partial charge is 0.494 e. The van der Waals surface area contributed by atoms with Gasteiger partial charge >= 0.3 is 0 Å². The lowest BCUT2D eigenvalue weighted by atomic mass is 10.0. The zero-order chi connectivity index (χ0) is 12.8. The van der Waals surface area contributed by atoms with E-state index >= 15 is 0 Å². The number of carbonyl (C=O) groups is 1. The van der Waals surface area contributed by atoms with Crippen LogP contribution in [-0.4, -0.2) is 18.6 Å². The van der Waals surface area contributed by atoms with Crippen LogP contribution in [0.2, 0.25) is 0 Å². The number of ether oxygens (including phenoxy) is 1. The molecule has 1 aromatic carbocycles. The molecule has 0 aliphatic heterocycles. The van der Waals surface area contributed by atoms with Crippen LogP contribution < -0.4 is 15.8 Å². The van der Waals surface area contributed by atoms with Crippen LogP contribution >= 0.6 is 0 Å². The van der Waals surface area contributed by atoms with E-state index in [9.17, 15) is 4.79 Å². The normalized spacial score (nSPS) is 12.3. The molecule has 94 valence electrons. The Hall–Kier alpha value is -1.55. The summed E-state index contributed by atoms with van der Waals surface area (Å²) < 4.78 is 5.35. The summed E-state index contributed by atoms with van der Waals surface area (Å²) in [6.07, 6.45) is 0. The minimum atomic E-state index is -0.495. The number of anilines is 1. The fraction of sp³-hybridized carbons (Fsp3) is 0.462. The topological polar surface area (TPSA) is 64.3 Å².